The highest BCUT2D eigenvalue weighted by Gasteiger charge is 2.27. The molecule has 0 saturated carbocycles. The number of nitrogens with one attached hydrogen (secondary N) is 1. The minimum atomic E-state index is -3.77. The molecule has 0 saturated heterocycles. The highest BCUT2D eigenvalue weighted by Crippen LogP contribution is 2.19. The number of para-hydroxylation sites is 1. The normalized spacial score (nSPS) is 12.6. The molecule has 2 aromatic rings. The van der Waals surface area contributed by atoms with Crippen molar-refractivity contribution in [2.45, 2.75) is 12.8 Å². The lowest BCUT2D eigenvalue weighted by molar-refractivity contribution is -0.119. The predicted molar refractivity (Wildman–Crippen MR) is 104 cm³/mol. The Morgan fingerprint density at radius 2 is 1.54 bits per heavy atom. The SMILES string of the molecule is C[C@H](CNC(=O)CN(c1ccccc1)S(=O)(=O)N(C)C)c1ccccc1. The summed E-state index contributed by atoms with van der Waals surface area (Å²) in [5.74, 6) is -0.210. The summed E-state index contributed by atoms with van der Waals surface area (Å²) in [5.41, 5.74) is 1.57. The van der Waals surface area contributed by atoms with Crippen LogP contribution in [0.3, 0.4) is 0 Å². The molecule has 0 fully saturated rings. The Kier molecular flexibility index (Phi) is 6.76. The molecule has 1 amide bonds. The zero-order valence-corrected chi connectivity index (χ0v) is 16.1. The van der Waals surface area contributed by atoms with Gasteiger partial charge in [-0.15, -0.1) is 0 Å². The van der Waals surface area contributed by atoms with Crippen molar-refractivity contribution in [3.05, 3.63) is 66.2 Å². The molecule has 26 heavy (non-hydrogen) atoms. The van der Waals surface area contributed by atoms with Gasteiger partial charge in [0, 0.05) is 20.6 Å². The maximum atomic E-state index is 12.6. The molecule has 0 unspecified atom stereocenters. The number of benzene rings is 2. The Bertz CT molecular complexity index is 808. The maximum Gasteiger partial charge on any atom is 0.304 e. The highest BCUT2D eigenvalue weighted by molar-refractivity contribution is 7.90. The van der Waals surface area contributed by atoms with Crippen LogP contribution in [0.2, 0.25) is 0 Å². The molecule has 0 aromatic heterocycles. The van der Waals surface area contributed by atoms with Crippen LogP contribution in [0.4, 0.5) is 5.69 Å². The van der Waals surface area contributed by atoms with Crippen LogP contribution in [0.5, 0.6) is 0 Å². The third-order valence-corrected chi connectivity index (χ3v) is 5.87. The number of rotatable bonds is 8. The number of hydrogen-bond donors (Lipinski definition) is 1. The van der Waals surface area contributed by atoms with Gasteiger partial charge in [-0.05, 0) is 23.6 Å². The quantitative estimate of drug-likeness (QED) is 0.769. The molecule has 0 aliphatic rings. The topological polar surface area (TPSA) is 69.7 Å². The monoisotopic (exact) mass is 375 g/mol. The molecule has 7 heteroatoms. The van der Waals surface area contributed by atoms with E-state index in [2.05, 4.69) is 5.32 Å². The standard InChI is InChI=1S/C19H25N3O3S/c1-16(17-10-6-4-7-11-17)14-20-19(23)15-22(26(24,25)21(2)3)18-12-8-5-9-13-18/h4-13,16H,14-15H2,1-3H3,(H,20,23)/t16-/m1/s1. The highest BCUT2D eigenvalue weighted by atomic mass is 32.2. The van der Waals surface area contributed by atoms with Gasteiger partial charge in [-0.1, -0.05) is 55.5 Å². The Labute approximate surface area is 155 Å². The second-order valence-corrected chi connectivity index (χ2v) is 8.31. The van der Waals surface area contributed by atoms with Gasteiger partial charge in [-0.25, -0.2) is 4.31 Å². The minimum absolute atomic E-state index is 0.135. The van der Waals surface area contributed by atoms with Crippen molar-refractivity contribution in [1.82, 2.24) is 9.62 Å². The first-order chi connectivity index (χ1) is 12.3. The summed E-state index contributed by atoms with van der Waals surface area (Å²) in [5, 5.41) is 2.83. The lowest BCUT2D eigenvalue weighted by Gasteiger charge is -2.27. The molecule has 0 bridgehead atoms. The molecule has 0 aliphatic heterocycles. The Morgan fingerprint density at radius 1 is 1.00 bits per heavy atom. The van der Waals surface area contributed by atoms with Gasteiger partial charge in [-0.3, -0.25) is 4.79 Å². The molecule has 2 aromatic carbocycles. The summed E-state index contributed by atoms with van der Waals surface area (Å²) in [6, 6.07) is 18.5. The first-order valence-corrected chi connectivity index (χ1v) is 9.79. The van der Waals surface area contributed by atoms with Crippen LogP contribution in [0, 0.1) is 0 Å². The van der Waals surface area contributed by atoms with Gasteiger partial charge in [0.25, 0.3) is 0 Å². The molecule has 6 nitrogen and oxygen atoms in total. The van der Waals surface area contributed by atoms with Crippen molar-refractivity contribution in [2.24, 2.45) is 0 Å². The molecule has 2 rings (SSSR count). The number of carbonyl (C=O) groups is 1. The van der Waals surface area contributed by atoms with Gasteiger partial charge in [0.05, 0.1) is 5.69 Å². The summed E-state index contributed by atoms with van der Waals surface area (Å²) in [6.45, 7) is 2.18. The largest absolute Gasteiger partial charge is 0.354 e. The van der Waals surface area contributed by atoms with Crippen molar-refractivity contribution in [1.29, 1.82) is 0 Å². The Morgan fingerprint density at radius 3 is 2.08 bits per heavy atom. The van der Waals surface area contributed by atoms with Crippen LogP contribution >= 0.6 is 0 Å². The van der Waals surface area contributed by atoms with Gasteiger partial charge in [-0.2, -0.15) is 12.7 Å². The molecule has 0 spiro atoms. The zero-order chi connectivity index (χ0) is 19.2. The number of anilines is 1. The van der Waals surface area contributed by atoms with E-state index < -0.39 is 10.2 Å². The Hall–Kier alpha value is -2.38. The van der Waals surface area contributed by atoms with E-state index in [-0.39, 0.29) is 18.4 Å². The summed E-state index contributed by atoms with van der Waals surface area (Å²) >= 11 is 0. The van der Waals surface area contributed by atoms with Crippen molar-refractivity contribution >= 4 is 21.8 Å². The smallest absolute Gasteiger partial charge is 0.304 e. The van der Waals surface area contributed by atoms with Crippen molar-refractivity contribution < 1.29 is 13.2 Å². The lowest BCUT2D eigenvalue weighted by atomic mass is 10.0. The first-order valence-electron chi connectivity index (χ1n) is 8.39. The fraction of sp³-hybridized carbons (Fsp3) is 0.316. The van der Waals surface area contributed by atoms with Crippen LogP contribution in [-0.4, -0.2) is 45.8 Å². The van der Waals surface area contributed by atoms with E-state index in [1.165, 1.54) is 14.1 Å². The van der Waals surface area contributed by atoms with Gasteiger partial charge in [0.1, 0.15) is 6.54 Å². The predicted octanol–water partition coefficient (Wildman–Crippen LogP) is 2.22. The van der Waals surface area contributed by atoms with Crippen molar-refractivity contribution in [3.8, 4) is 0 Å². The second kappa shape index (κ2) is 8.82. The van der Waals surface area contributed by atoms with E-state index in [0.29, 0.717) is 12.2 Å². The van der Waals surface area contributed by atoms with Crippen LogP contribution in [-0.2, 0) is 15.0 Å². The molecular formula is C19H25N3O3S. The van der Waals surface area contributed by atoms with E-state index in [4.69, 9.17) is 0 Å². The summed E-state index contributed by atoms with van der Waals surface area (Å²) in [6.07, 6.45) is 0. The molecule has 0 aliphatic carbocycles. The van der Waals surface area contributed by atoms with E-state index in [1.807, 2.05) is 37.3 Å². The summed E-state index contributed by atoms with van der Waals surface area (Å²) in [4.78, 5) is 12.4. The van der Waals surface area contributed by atoms with Gasteiger partial charge in [0.15, 0.2) is 0 Å². The second-order valence-electron chi connectivity index (χ2n) is 6.25. The van der Waals surface area contributed by atoms with Crippen molar-refractivity contribution in [2.75, 3.05) is 31.5 Å². The number of amides is 1. The summed E-state index contributed by atoms with van der Waals surface area (Å²) in [7, 11) is -0.882. The fourth-order valence-corrected chi connectivity index (χ4v) is 3.51. The van der Waals surface area contributed by atoms with Gasteiger partial charge < -0.3 is 5.32 Å². The lowest BCUT2D eigenvalue weighted by Crippen LogP contribution is -2.46. The maximum absolute atomic E-state index is 12.6. The van der Waals surface area contributed by atoms with E-state index in [0.717, 1.165) is 14.2 Å². The van der Waals surface area contributed by atoms with Crippen molar-refractivity contribution in [3.63, 3.8) is 0 Å². The van der Waals surface area contributed by atoms with Crippen LogP contribution in [0.15, 0.2) is 60.7 Å². The molecule has 0 heterocycles. The Balaban J connectivity index is 2.07. The van der Waals surface area contributed by atoms with Gasteiger partial charge >= 0.3 is 10.2 Å². The van der Waals surface area contributed by atoms with Gasteiger partial charge in [0.2, 0.25) is 5.91 Å². The zero-order valence-electron chi connectivity index (χ0n) is 15.3. The molecule has 1 N–H and O–H groups in total. The van der Waals surface area contributed by atoms with Crippen LogP contribution in [0.25, 0.3) is 0 Å². The third kappa shape index (κ3) is 5.06. The summed E-state index contributed by atoms with van der Waals surface area (Å²) < 4.78 is 27.4. The van der Waals surface area contributed by atoms with E-state index >= 15 is 0 Å². The van der Waals surface area contributed by atoms with E-state index in [9.17, 15) is 13.2 Å². The molecule has 0 radical (unpaired) electrons. The first kappa shape index (κ1) is 19.9. The van der Waals surface area contributed by atoms with Crippen LogP contribution < -0.4 is 9.62 Å². The number of hydrogen-bond acceptors (Lipinski definition) is 3. The fourth-order valence-electron chi connectivity index (χ4n) is 2.45. The number of carbonyl (C=O) groups excluding carboxylic acids is 1. The average Bonchev–Trinajstić information content (AvgIpc) is 2.65. The minimum Gasteiger partial charge on any atom is -0.354 e. The average molecular weight is 375 g/mol. The number of nitrogens with zero attached hydrogens (tertiary/aromatic N) is 2. The van der Waals surface area contributed by atoms with E-state index in [1.54, 1.807) is 30.3 Å². The van der Waals surface area contributed by atoms with Crippen LogP contribution in [0.1, 0.15) is 18.4 Å². The molecule has 140 valence electrons. The third-order valence-electron chi connectivity index (χ3n) is 4.05. The molecule has 1 atom stereocenters. The molecular weight excluding hydrogens is 350 g/mol.